The lowest BCUT2D eigenvalue weighted by molar-refractivity contribution is 1.04. The fourth-order valence-corrected chi connectivity index (χ4v) is 2.23. The molecule has 88 valence electrons. The average molecular weight is 313 g/mol. The predicted molar refractivity (Wildman–Crippen MR) is 75.0 cm³/mol. The van der Waals surface area contributed by atoms with Gasteiger partial charge in [0.1, 0.15) is 0 Å². The number of nitrogens with zero attached hydrogens (tertiary/aromatic N) is 2. The van der Waals surface area contributed by atoms with E-state index in [1.165, 1.54) is 0 Å². The van der Waals surface area contributed by atoms with Crippen LogP contribution in [0.1, 0.15) is 0 Å². The van der Waals surface area contributed by atoms with E-state index in [-0.39, 0.29) is 0 Å². The molecule has 17 heavy (non-hydrogen) atoms. The van der Waals surface area contributed by atoms with Gasteiger partial charge in [-0.05, 0) is 18.2 Å². The van der Waals surface area contributed by atoms with Crippen LogP contribution in [0.4, 0.5) is 5.95 Å². The molecule has 0 saturated heterocycles. The third kappa shape index (κ3) is 2.70. The van der Waals surface area contributed by atoms with Crippen LogP contribution in [-0.2, 0) is 0 Å². The van der Waals surface area contributed by atoms with Crippen molar-refractivity contribution >= 4 is 33.5 Å². The summed E-state index contributed by atoms with van der Waals surface area (Å²) in [5, 5.41) is 3.81. The number of imidazole rings is 1. The maximum Gasteiger partial charge on any atom is 0.207 e. The van der Waals surface area contributed by atoms with Gasteiger partial charge in [-0.3, -0.25) is 4.57 Å². The number of hydrogen-bond acceptors (Lipinski definition) is 2. The molecule has 0 spiro atoms. The van der Waals surface area contributed by atoms with Gasteiger partial charge >= 0.3 is 0 Å². The topological polar surface area (TPSA) is 29.9 Å². The first kappa shape index (κ1) is 12.2. The van der Waals surface area contributed by atoms with Gasteiger partial charge in [0.15, 0.2) is 0 Å². The molecule has 0 bridgehead atoms. The molecule has 0 fully saturated rings. The summed E-state index contributed by atoms with van der Waals surface area (Å²) in [7, 11) is 0. The molecule has 0 aliphatic rings. The Bertz CT molecular complexity index is 536. The van der Waals surface area contributed by atoms with Crippen LogP contribution in [0.2, 0.25) is 5.02 Å². The van der Waals surface area contributed by atoms with Crippen LogP contribution >= 0.6 is 27.5 Å². The first-order valence-corrected chi connectivity index (χ1v) is 6.23. The third-order valence-electron chi connectivity index (χ3n) is 2.21. The summed E-state index contributed by atoms with van der Waals surface area (Å²) in [6, 6.07) is 5.74. The summed E-state index contributed by atoms with van der Waals surface area (Å²) in [4.78, 5) is 4.23. The second-order valence-electron chi connectivity index (χ2n) is 3.39. The van der Waals surface area contributed by atoms with Crippen LogP contribution in [0.25, 0.3) is 5.69 Å². The molecule has 1 N–H and O–H groups in total. The molecule has 1 aromatic heterocycles. The SMILES string of the molecule is C=CCNc1nccn1-c1ccc(Br)cc1Cl. The number of rotatable bonds is 4. The van der Waals surface area contributed by atoms with Crippen molar-refractivity contribution in [3.63, 3.8) is 0 Å². The van der Waals surface area contributed by atoms with Crippen molar-refractivity contribution < 1.29 is 0 Å². The van der Waals surface area contributed by atoms with Gasteiger partial charge in [0, 0.05) is 23.4 Å². The first-order chi connectivity index (χ1) is 8.22. The minimum Gasteiger partial charge on any atom is -0.352 e. The minimum absolute atomic E-state index is 0.658. The van der Waals surface area contributed by atoms with E-state index in [9.17, 15) is 0 Å². The highest BCUT2D eigenvalue weighted by molar-refractivity contribution is 9.10. The molecule has 0 unspecified atom stereocenters. The average Bonchev–Trinajstić information content (AvgIpc) is 2.74. The largest absolute Gasteiger partial charge is 0.352 e. The number of halogens is 2. The van der Waals surface area contributed by atoms with Gasteiger partial charge in [-0.15, -0.1) is 6.58 Å². The lowest BCUT2D eigenvalue weighted by atomic mass is 10.3. The Kier molecular flexibility index (Phi) is 3.86. The molecule has 0 aliphatic carbocycles. The lowest BCUT2D eigenvalue weighted by Crippen LogP contribution is -2.05. The molecule has 0 amide bonds. The molecule has 2 aromatic rings. The van der Waals surface area contributed by atoms with E-state index in [0.717, 1.165) is 16.1 Å². The van der Waals surface area contributed by atoms with Gasteiger partial charge in [0.25, 0.3) is 0 Å². The normalized spacial score (nSPS) is 10.2. The van der Waals surface area contributed by atoms with Gasteiger partial charge in [-0.25, -0.2) is 4.98 Å². The monoisotopic (exact) mass is 311 g/mol. The van der Waals surface area contributed by atoms with Crippen LogP contribution in [0.3, 0.4) is 0 Å². The maximum atomic E-state index is 6.20. The number of aromatic nitrogens is 2. The Morgan fingerprint density at radius 2 is 2.35 bits per heavy atom. The minimum atomic E-state index is 0.658. The van der Waals surface area contributed by atoms with Gasteiger partial charge in [0.2, 0.25) is 5.95 Å². The van der Waals surface area contributed by atoms with E-state index in [4.69, 9.17) is 11.6 Å². The van der Waals surface area contributed by atoms with Crippen molar-refractivity contribution in [3.8, 4) is 5.69 Å². The molecule has 0 saturated carbocycles. The van der Waals surface area contributed by atoms with Crippen molar-refractivity contribution in [2.24, 2.45) is 0 Å². The van der Waals surface area contributed by atoms with Gasteiger partial charge in [0.05, 0.1) is 10.7 Å². The quantitative estimate of drug-likeness (QED) is 0.868. The number of benzene rings is 1. The number of nitrogens with one attached hydrogen (secondary N) is 1. The Hall–Kier alpha value is -1.26. The highest BCUT2D eigenvalue weighted by Gasteiger charge is 2.07. The molecule has 3 nitrogen and oxygen atoms in total. The molecule has 1 heterocycles. The van der Waals surface area contributed by atoms with Crippen LogP contribution < -0.4 is 5.32 Å². The van der Waals surface area contributed by atoms with Crippen LogP contribution in [0.15, 0.2) is 47.7 Å². The second-order valence-corrected chi connectivity index (χ2v) is 4.71. The van der Waals surface area contributed by atoms with Crippen LogP contribution in [-0.4, -0.2) is 16.1 Å². The summed E-state index contributed by atoms with van der Waals surface area (Å²) in [6.45, 7) is 4.32. The van der Waals surface area contributed by atoms with Crippen molar-refractivity contribution in [1.29, 1.82) is 0 Å². The van der Waals surface area contributed by atoms with E-state index in [1.54, 1.807) is 12.3 Å². The first-order valence-electron chi connectivity index (χ1n) is 5.06. The van der Waals surface area contributed by atoms with Gasteiger partial charge in [-0.1, -0.05) is 33.6 Å². The van der Waals surface area contributed by atoms with E-state index in [2.05, 4.69) is 32.8 Å². The molecule has 1 aromatic carbocycles. The van der Waals surface area contributed by atoms with Crippen LogP contribution in [0, 0.1) is 0 Å². The highest BCUT2D eigenvalue weighted by atomic mass is 79.9. The van der Waals surface area contributed by atoms with E-state index >= 15 is 0 Å². The van der Waals surface area contributed by atoms with E-state index in [0.29, 0.717) is 11.6 Å². The standard InChI is InChI=1S/C12H11BrClN3/c1-2-5-15-12-16-6-7-17(12)11-4-3-9(13)8-10(11)14/h2-4,6-8H,1,5H2,(H,15,16). The molecule has 2 rings (SSSR count). The molecule has 0 radical (unpaired) electrons. The van der Waals surface area contributed by atoms with Crippen molar-refractivity contribution in [3.05, 3.63) is 52.7 Å². The van der Waals surface area contributed by atoms with E-state index < -0.39 is 0 Å². The van der Waals surface area contributed by atoms with Crippen molar-refractivity contribution in [2.45, 2.75) is 0 Å². The van der Waals surface area contributed by atoms with E-state index in [1.807, 2.05) is 29.0 Å². The van der Waals surface area contributed by atoms with Gasteiger partial charge in [-0.2, -0.15) is 0 Å². The highest BCUT2D eigenvalue weighted by Crippen LogP contribution is 2.26. The molecular formula is C12H11BrClN3. The Labute approximate surface area is 113 Å². The molecular weight excluding hydrogens is 302 g/mol. The zero-order chi connectivity index (χ0) is 12.3. The Morgan fingerprint density at radius 1 is 1.53 bits per heavy atom. The summed E-state index contributed by atoms with van der Waals surface area (Å²) < 4.78 is 2.85. The number of anilines is 1. The smallest absolute Gasteiger partial charge is 0.207 e. The second kappa shape index (κ2) is 5.38. The summed E-state index contributed by atoms with van der Waals surface area (Å²) >= 11 is 9.58. The fourth-order valence-electron chi connectivity index (χ4n) is 1.47. The zero-order valence-electron chi connectivity index (χ0n) is 9.03. The Morgan fingerprint density at radius 3 is 3.06 bits per heavy atom. The molecule has 5 heteroatoms. The number of hydrogen-bond donors (Lipinski definition) is 1. The molecule has 0 aliphatic heterocycles. The zero-order valence-corrected chi connectivity index (χ0v) is 11.4. The van der Waals surface area contributed by atoms with Gasteiger partial charge < -0.3 is 5.32 Å². The molecule has 0 atom stereocenters. The summed E-state index contributed by atoms with van der Waals surface area (Å²) in [5.74, 6) is 0.745. The lowest BCUT2D eigenvalue weighted by Gasteiger charge is -2.10. The van der Waals surface area contributed by atoms with Crippen molar-refractivity contribution in [1.82, 2.24) is 9.55 Å². The fraction of sp³-hybridized carbons (Fsp3) is 0.0833. The van der Waals surface area contributed by atoms with Crippen molar-refractivity contribution in [2.75, 3.05) is 11.9 Å². The maximum absolute atomic E-state index is 6.20. The summed E-state index contributed by atoms with van der Waals surface area (Å²) in [5.41, 5.74) is 0.888. The van der Waals surface area contributed by atoms with Crippen LogP contribution in [0.5, 0.6) is 0 Å². The third-order valence-corrected chi connectivity index (χ3v) is 3.01. The summed E-state index contributed by atoms with van der Waals surface area (Å²) in [6.07, 6.45) is 5.37. The Balaban J connectivity index is 2.38. The predicted octanol–water partition coefficient (Wildman–Crippen LogP) is 3.89.